The van der Waals surface area contributed by atoms with E-state index in [1.54, 1.807) is 0 Å². The van der Waals surface area contributed by atoms with E-state index in [0.29, 0.717) is 19.3 Å². The fourth-order valence-electron chi connectivity index (χ4n) is 3.22. The van der Waals surface area contributed by atoms with Crippen LogP contribution in [0.15, 0.2) is 0 Å². The molecule has 84 valence electrons. The molecular formula is C11H17NO3. The number of nitrogens with two attached hydrogens (primary N) is 1. The third-order valence-corrected chi connectivity index (χ3v) is 4.10. The Morgan fingerprint density at radius 3 is 2.80 bits per heavy atom. The van der Waals surface area contributed by atoms with Gasteiger partial charge >= 0.3 is 5.97 Å². The molecule has 0 aromatic rings. The van der Waals surface area contributed by atoms with Gasteiger partial charge in [0, 0.05) is 18.4 Å². The van der Waals surface area contributed by atoms with Crippen LogP contribution in [0.5, 0.6) is 0 Å². The lowest BCUT2D eigenvalue weighted by atomic mass is 9.63. The summed E-state index contributed by atoms with van der Waals surface area (Å²) in [6.07, 6.45) is 3.81. The fourth-order valence-corrected chi connectivity index (χ4v) is 3.22. The summed E-state index contributed by atoms with van der Waals surface area (Å²) in [4.78, 5) is 23.3. The van der Waals surface area contributed by atoms with Crippen LogP contribution in [0.2, 0.25) is 0 Å². The summed E-state index contributed by atoms with van der Waals surface area (Å²) in [5.41, 5.74) is 5.01. The maximum atomic E-state index is 11.9. The van der Waals surface area contributed by atoms with Crippen LogP contribution in [0.4, 0.5) is 0 Å². The average molecular weight is 211 g/mol. The smallest absolute Gasteiger partial charge is 0.313 e. The van der Waals surface area contributed by atoms with Gasteiger partial charge < -0.3 is 10.5 Å². The Bertz CT molecular complexity index is 315. The molecule has 0 radical (unpaired) electrons. The number of hydrogen-bond acceptors (Lipinski definition) is 4. The Balaban J connectivity index is 2.36. The molecule has 0 aliphatic heterocycles. The molecule has 2 atom stereocenters. The normalized spacial score (nSPS) is 40.0. The van der Waals surface area contributed by atoms with E-state index in [9.17, 15) is 9.59 Å². The van der Waals surface area contributed by atoms with Gasteiger partial charge in [0.15, 0.2) is 0 Å². The summed E-state index contributed by atoms with van der Waals surface area (Å²) in [6.45, 7) is 0. The van der Waals surface area contributed by atoms with Gasteiger partial charge in [0.1, 0.15) is 5.78 Å². The largest absolute Gasteiger partial charge is 0.469 e. The molecule has 15 heavy (non-hydrogen) atoms. The van der Waals surface area contributed by atoms with Crippen molar-refractivity contribution in [2.75, 3.05) is 7.11 Å². The number of ether oxygens (including phenoxy) is 1. The number of esters is 1. The van der Waals surface area contributed by atoms with E-state index in [1.165, 1.54) is 7.11 Å². The van der Waals surface area contributed by atoms with Gasteiger partial charge in [-0.3, -0.25) is 9.59 Å². The SMILES string of the molecule is COC(=O)[C@]12CCC[C@@]1(N)CC(=O)CC2. The van der Waals surface area contributed by atoms with E-state index in [0.717, 1.165) is 19.3 Å². The summed E-state index contributed by atoms with van der Waals surface area (Å²) in [6, 6.07) is 0. The van der Waals surface area contributed by atoms with Gasteiger partial charge in [-0.05, 0) is 19.3 Å². The molecule has 0 bridgehead atoms. The average Bonchev–Trinajstić information content (AvgIpc) is 2.54. The van der Waals surface area contributed by atoms with E-state index in [-0.39, 0.29) is 11.8 Å². The van der Waals surface area contributed by atoms with Gasteiger partial charge in [0.25, 0.3) is 0 Å². The highest BCUT2D eigenvalue weighted by Gasteiger charge is 2.60. The zero-order valence-corrected chi connectivity index (χ0v) is 9.04. The first-order valence-electron chi connectivity index (χ1n) is 5.43. The molecule has 4 heteroatoms. The maximum absolute atomic E-state index is 11.9. The second kappa shape index (κ2) is 3.30. The number of carbonyl (C=O) groups is 2. The van der Waals surface area contributed by atoms with Crippen molar-refractivity contribution in [2.45, 2.75) is 44.1 Å². The molecular weight excluding hydrogens is 194 g/mol. The third-order valence-electron chi connectivity index (χ3n) is 4.10. The molecule has 0 saturated heterocycles. The number of Topliss-reactive ketones (excluding diaryl/α,β-unsaturated/α-hetero) is 1. The van der Waals surface area contributed by atoms with Crippen molar-refractivity contribution in [2.24, 2.45) is 11.1 Å². The van der Waals surface area contributed by atoms with Crippen LogP contribution >= 0.6 is 0 Å². The predicted molar refractivity (Wildman–Crippen MR) is 54.1 cm³/mol. The molecule has 2 saturated carbocycles. The first-order valence-corrected chi connectivity index (χ1v) is 5.43. The molecule has 0 aromatic heterocycles. The first kappa shape index (κ1) is 10.6. The van der Waals surface area contributed by atoms with Crippen molar-refractivity contribution >= 4 is 11.8 Å². The standard InChI is InChI=1S/C11H17NO3/c1-15-9(14)10-4-2-5-11(10,12)7-8(13)3-6-10/h2-7,12H2,1H3/t10-,11-/m1/s1. The Morgan fingerprint density at radius 1 is 1.40 bits per heavy atom. The molecule has 0 spiro atoms. The second-order valence-electron chi connectivity index (χ2n) is 4.80. The Morgan fingerprint density at radius 2 is 2.13 bits per heavy atom. The summed E-state index contributed by atoms with van der Waals surface area (Å²) >= 11 is 0. The molecule has 0 amide bonds. The number of ketones is 1. The lowest BCUT2D eigenvalue weighted by Crippen LogP contribution is -2.59. The molecule has 2 N–H and O–H groups in total. The van der Waals surface area contributed by atoms with Crippen LogP contribution < -0.4 is 5.73 Å². The van der Waals surface area contributed by atoms with Crippen LogP contribution in [0.25, 0.3) is 0 Å². The summed E-state index contributed by atoms with van der Waals surface area (Å²) in [5.74, 6) is -0.0473. The minimum Gasteiger partial charge on any atom is -0.469 e. The second-order valence-corrected chi connectivity index (χ2v) is 4.80. The van der Waals surface area contributed by atoms with Crippen molar-refractivity contribution < 1.29 is 14.3 Å². The molecule has 2 aliphatic carbocycles. The van der Waals surface area contributed by atoms with Gasteiger partial charge in [0.05, 0.1) is 12.5 Å². The fraction of sp³-hybridized carbons (Fsp3) is 0.818. The molecule has 2 fully saturated rings. The number of methoxy groups -OCH3 is 1. The number of hydrogen-bond donors (Lipinski definition) is 1. The van der Waals surface area contributed by atoms with E-state index in [2.05, 4.69) is 0 Å². The summed E-state index contributed by atoms with van der Waals surface area (Å²) in [7, 11) is 1.40. The Labute approximate surface area is 89.2 Å². The highest BCUT2D eigenvalue weighted by atomic mass is 16.5. The minimum atomic E-state index is -0.643. The van der Waals surface area contributed by atoms with Crippen LogP contribution in [-0.2, 0) is 14.3 Å². The topological polar surface area (TPSA) is 69.4 Å². The van der Waals surface area contributed by atoms with E-state index in [4.69, 9.17) is 10.5 Å². The Kier molecular flexibility index (Phi) is 2.34. The summed E-state index contributed by atoms with van der Waals surface area (Å²) in [5, 5.41) is 0. The van der Waals surface area contributed by atoms with Crippen LogP contribution in [0.1, 0.15) is 38.5 Å². The van der Waals surface area contributed by atoms with Crippen molar-refractivity contribution in [1.29, 1.82) is 0 Å². The lowest BCUT2D eigenvalue weighted by Gasteiger charge is -2.44. The van der Waals surface area contributed by atoms with Crippen molar-refractivity contribution in [3.63, 3.8) is 0 Å². The monoisotopic (exact) mass is 211 g/mol. The van der Waals surface area contributed by atoms with Crippen LogP contribution in [0, 0.1) is 5.41 Å². The molecule has 2 aliphatic rings. The molecule has 0 aromatic carbocycles. The zero-order valence-electron chi connectivity index (χ0n) is 9.04. The predicted octanol–water partition coefficient (Wildman–Crippen LogP) is 0.780. The third kappa shape index (κ3) is 1.31. The Hall–Kier alpha value is -0.900. The maximum Gasteiger partial charge on any atom is 0.313 e. The summed E-state index contributed by atoms with van der Waals surface area (Å²) < 4.78 is 4.86. The van der Waals surface area contributed by atoms with Gasteiger partial charge in [-0.1, -0.05) is 6.42 Å². The lowest BCUT2D eigenvalue weighted by molar-refractivity contribution is -0.159. The minimum absolute atomic E-state index is 0.180. The van der Waals surface area contributed by atoms with Gasteiger partial charge in [0.2, 0.25) is 0 Å². The van der Waals surface area contributed by atoms with Crippen LogP contribution in [-0.4, -0.2) is 24.4 Å². The van der Waals surface area contributed by atoms with Gasteiger partial charge in [-0.25, -0.2) is 0 Å². The molecule has 0 unspecified atom stereocenters. The molecule has 0 heterocycles. The number of fused-ring (bicyclic) bond motifs is 1. The van der Waals surface area contributed by atoms with Crippen molar-refractivity contribution in [3.05, 3.63) is 0 Å². The quantitative estimate of drug-likeness (QED) is 0.651. The van der Waals surface area contributed by atoms with Crippen LogP contribution in [0.3, 0.4) is 0 Å². The van der Waals surface area contributed by atoms with E-state index < -0.39 is 11.0 Å². The van der Waals surface area contributed by atoms with Crippen molar-refractivity contribution in [3.8, 4) is 0 Å². The van der Waals surface area contributed by atoms with E-state index >= 15 is 0 Å². The highest BCUT2D eigenvalue weighted by molar-refractivity contribution is 5.87. The highest BCUT2D eigenvalue weighted by Crippen LogP contribution is 2.53. The zero-order chi connectivity index (χ0) is 11.1. The van der Waals surface area contributed by atoms with Gasteiger partial charge in [-0.15, -0.1) is 0 Å². The number of rotatable bonds is 1. The van der Waals surface area contributed by atoms with Gasteiger partial charge in [-0.2, -0.15) is 0 Å². The molecule has 4 nitrogen and oxygen atoms in total. The number of carbonyl (C=O) groups excluding carboxylic acids is 2. The van der Waals surface area contributed by atoms with Crippen molar-refractivity contribution in [1.82, 2.24) is 0 Å². The van der Waals surface area contributed by atoms with E-state index in [1.807, 2.05) is 0 Å². The first-order chi connectivity index (χ1) is 7.04. The molecule has 2 rings (SSSR count).